The normalized spacial score (nSPS) is 11.1. The molecule has 1 aromatic rings. The molecule has 5 heteroatoms. The second-order valence-electron chi connectivity index (χ2n) is 3.39. The zero-order valence-corrected chi connectivity index (χ0v) is 8.87. The van der Waals surface area contributed by atoms with Gasteiger partial charge in [-0.25, -0.2) is 13.8 Å². The summed E-state index contributed by atoms with van der Waals surface area (Å²) < 4.78 is 24.1. The lowest BCUT2D eigenvalue weighted by atomic mass is 10.2. The van der Waals surface area contributed by atoms with Gasteiger partial charge in [0.25, 0.3) is 6.43 Å². The zero-order valence-electron chi connectivity index (χ0n) is 8.87. The molecule has 0 spiro atoms. The Morgan fingerprint density at radius 1 is 1.47 bits per heavy atom. The molecular formula is C10H15F2N3. The topological polar surface area (TPSA) is 28.2 Å². The van der Waals surface area contributed by atoms with Gasteiger partial charge in [-0.05, 0) is 18.7 Å². The quantitative estimate of drug-likeness (QED) is 0.812. The van der Waals surface area contributed by atoms with E-state index in [1.54, 1.807) is 25.2 Å². The largest absolute Gasteiger partial charge is 0.373 e. The van der Waals surface area contributed by atoms with Crippen LogP contribution in [-0.2, 0) is 6.54 Å². The Morgan fingerprint density at radius 3 is 2.67 bits per heavy atom. The molecule has 0 bridgehead atoms. The van der Waals surface area contributed by atoms with Crippen molar-refractivity contribution in [1.82, 2.24) is 9.88 Å². The van der Waals surface area contributed by atoms with Crippen LogP contribution in [0.15, 0.2) is 18.3 Å². The van der Waals surface area contributed by atoms with Crippen molar-refractivity contribution in [1.29, 1.82) is 0 Å². The minimum atomic E-state index is -2.29. The van der Waals surface area contributed by atoms with Gasteiger partial charge in [-0.2, -0.15) is 0 Å². The average molecular weight is 215 g/mol. The number of rotatable bonds is 5. The summed E-state index contributed by atoms with van der Waals surface area (Å²) >= 11 is 0. The molecule has 0 unspecified atom stereocenters. The first kappa shape index (κ1) is 11.8. The van der Waals surface area contributed by atoms with Gasteiger partial charge in [0.1, 0.15) is 5.82 Å². The summed E-state index contributed by atoms with van der Waals surface area (Å²) in [7, 11) is 3.45. The van der Waals surface area contributed by atoms with Crippen LogP contribution >= 0.6 is 0 Å². The van der Waals surface area contributed by atoms with Crippen molar-refractivity contribution < 1.29 is 8.78 Å². The van der Waals surface area contributed by atoms with Crippen LogP contribution in [0.5, 0.6) is 0 Å². The second kappa shape index (κ2) is 5.60. The second-order valence-corrected chi connectivity index (χ2v) is 3.39. The smallest absolute Gasteiger partial charge is 0.251 e. The number of pyridine rings is 1. The molecule has 0 aromatic carbocycles. The van der Waals surface area contributed by atoms with Crippen LogP contribution in [0.4, 0.5) is 14.6 Å². The number of alkyl halides is 2. The molecule has 0 aliphatic heterocycles. The highest BCUT2D eigenvalue weighted by Crippen LogP contribution is 2.07. The SMILES string of the molecule is CNc1ccc(CN(C)CC(F)F)cn1. The highest BCUT2D eigenvalue weighted by molar-refractivity contribution is 5.34. The van der Waals surface area contributed by atoms with E-state index in [4.69, 9.17) is 0 Å². The molecule has 0 aliphatic rings. The Morgan fingerprint density at radius 2 is 2.20 bits per heavy atom. The van der Waals surface area contributed by atoms with Crippen LogP contribution in [0, 0.1) is 0 Å². The molecule has 3 nitrogen and oxygen atoms in total. The molecule has 15 heavy (non-hydrogen) atoms. The number of hydrogen-bond acceptors (Lipinski definition) is 3. The van der Waals surface area contributed by atoms with Gasteiger partial charge in [0.2, 0.25) is 0 Å². The van der Waals surface area contributed by atoms with Gasteiger partial charge >= 0.3 is 0 Å². The highest BCUT2D eigenvalue weighted by atomic mass is 19.3. The van der Waals surface area contributed by atoms with Crippen molar-refractivity contribution >= 4 is 5.82 Å². The number of nitrogens with zero attached hydrogens (tertiary/aromatic N) is 2. The summed E-state index contributed by atoms with van der Waals surface area (Å²) in [5.74, 6) is 0.773. The van der Waals surface area contributed by atoms with Gasteiger partial charge in [0, 0.05) is 19.8 Å². The highest BCUT2D eigenvalue weighted by Gasteiger charge is 2.07. The van der Waals surface area contributed by atoms with Crippen LogP contribution in [0.25, 0.3) is 0 Å². The van der Waals surface area contributed by atoms with Crippen molar-refractivity contribution in [3.05, 3.63) is 23.9 Å². The van der Waals surface area contributed by atoms with Gasteiger partial charge < -0.3 is 5.32 Å². The van der Waals surface area contributed by atoms with Gasteiger partial charge in [0.15, 0.2) is 0 Å². The first-order valence-corrected chi connectivity index (χ1v) is 4.71. The number of anilines is 1. The summed E-state index contributed by atoms with van der Waals surface area (Å²) in [4.78, 5) is 5.67. The molecule has 0 saturated carbocycles. The molecule has 1 rings (SSSR count). The third-order valence-corrected chi connectivity index (χ3v) is 1.98. The molecule has 0 aliphatic carbocycles. The van der Waals surface area contributed by atoms with E-state index in [1.165, 1.54) is 0 Å². The van der Waals surface area contributed by atoms with Crippen LogP contribution < -0.4 is 5.32 Å². The van der Waals surface area contributed by atoms with Gasteiger partial charge in [0.05, 0.1) is 6.54 Å². The number of halogens is 2. The molecule has 0 fully saturated rings. The first-order chi connectivity index (χ1) is 7.11. The zero-order chi connectivity index (χ0) is 11.3. The Balaban J connectivity index is 2.49. The van der Waals surface area contributed by atoms with Crippen molar-refractivity contribution in [2.45, 2.75) is 13.0 Å². The summed E-state index contributed by atoms with van der Waals surface area (Å²) in [6.07, 6.45) is -0.604. The van der Waals surface area contributed by atoms with Crippen LogP contribution in [0.2, 0.25) is 0 Å². The number of hydrogen-bond donors (Lipinski definition) is 1. The van der Waals surface area contributed by atoms with E-state index >= 15 is 0 Å². The molecule has 84 valence electrons. The Labute approximate surface area is 88.1 Å². The minimum absolute atomic E-state index is 0.215. The maximum atomic E-state index is 12.0. The van der Waals surface area contributed by atoms with E-state index < -0.39 is 6.43 Å². The predicted molar refractivity (Wildman–Crippen MR) is 56.1 cm³/mol. The van der Waals surface area contributed by atoms with E-state index in [-0.39, 0.29) is 6.54 Å². The van der Waals surface area contributed by atoms with Crippen LogP contribution in [0.1, 0.15) is 5.56 Å². The van der Waals surface area contributed by atoms with Crippen molar-refractivity contribution in [2.24, 2.45) is 0 Å². The summed E-state index contributed by atoms with van der Waals surface area (Å²) in [5, 5.41) is 2.89. The molecule has 0 radical (unpaired) electrons. The molecule has 1 heterocycles. The monoisotopic (exact) mass is 215 g/mol. The predicted octanol–water partition coefficient (Wildman–Crippen LogP) is 1.82. The third-order valence-electron chi connectivity index (χ3n) is 1.98. The lowest BCUT2D eigenvalue weighted by Crippen LogP contribution is -2.24. The van der Waals surface area contributed by atoms with Crippen molar-refractivity contribution in [3.63, 3.8) is 0 Å². The molecule has 0 saturated heterocycles. The van der Waals surface area contributed by atoms with Gasteiger partial charge in [-0.15, -0.1) is 0 Å². The molecular weight excluding hydrogens is 200 g/mol. The van der Waals surface area contributed by atoms with Crippen LogP contribution in [0.3, 0.4) is 0 Å². The third kappa shape index (κ3) is 4.20. The van der Waals surface area contributed by atoms with E-state index in [0.717, 1.165) is 11.4 Å². The molecule has 1 aromatic heterocycles. The van der Waals surface area contributed by atoms with E-state index in [9.17, 15) is 8.78 Å². The standard InChI is InChI=1S/C10H15F2N3/c1-13-10-4-3-8(5-14-10)6-15(2)7-9(11)12/h3-5,9H,6-7H2,1-2H3,(H,13,14). The maximum Gasteiger partial charge on any atom is 0.251 e. The lowest BCUT2D eigenvalue weighted by molar-refractivity contribution is 0.0975. The average Bonchev–Trinajstić information content (AvgIpc) is 2.17. The van der Waals surface area contributed by atoms with Gasteiger partial charge in [-0.1, -0.05) is 6.07 Å². The van der Waals surface area contributed by atoms with E-state index in [2.05, 4.69) is 10.3 Å². The Bertz CT molecular complexity index is 287. The molecule has 0 atom stereocenters. The summed E-state index contributed by atoms with van der Waals surface area (Å²) in [6, 6.07) is 3.70. The maximum absolute atomic E-state index is 12.0. The Hall–Kier alpha value is -1.23. The minimum Gasteiger partial charge on any atom is -0.373 e. The van der Waals surface area contributed by atoms with E-state index in [1.807, 2.05) is 12.1 Å². The fourth-order valence-electron chi connectivity index (χ4n) is 1.28. The molecule has 0 amide bonds. The Kier molecular flexibility index (Phi) is 4.42. The van der Waals surface area contributed by atoms with Crippen LogP contribution in [-0.4, -0.2) is 36.9 Å². The fourth-order valence-corrected chi connectivity index (χ4v) is 1.28. The lowest BCUT2D eigenvalue weighted by Gasteiger charge is -2.15. The number of nitrogens with one attached hydrogen (secondary N) is 1. The van der Waals surface area contributed by atoms with Crippen molar-refractivity contribution in [2.75, 3.05) is 26.0 Å². The molecule has 1 N–H and O–H groups in total. The fraction of sp³-hybridized carbons (Fsp3) is 0.500. The summed E-state index contributed by atoms with van der Waals surface area (Å²) in [6.45, 7) is 0.273. The van der Waals surface area contributed by atoms with E-state index in [0.29, 0.717) is 6.54 Å². The van der Waals surface area contributed by atoms with Crippen molar-refractivity contribution in [3.8, 4) is 0 Å². The summed E-state index contributed by atoms with van der Waals surface area (Å²) in [5.41, 5.74) is 0.928. The van der Waals surface area contributed by atoms with Gasteiger partial charge in [-0.3, -0.25) is 4.90 Å². The number of aromatic nitrogens is 1. The first-order valence-electron chi connectivity index (χ1n) is 4.71.